The molecule has 0 bridgehead atoms. The molecule has 3 rings (SSSR count). The lowest BCUT2D eigenvalue weighted by Crippen LogP contribution is -2.46. The minimum atomic E-state index is -0.942. The fourth-order valence-electron chi connectivity index (χ4n) is 3.25. The minimum Gasteiger partial charge on any atom is -0.383 e. The second kappa shape index (κ2) is 6.20. The second-order valence-electron chi connectivity index (χ2n) is 6.56. The molecule has 23 heavy (non-hydrogen) atoms. The Labute approximate surface area is 134 Å². The van der Waals surface area contributed by atoms with Crippen LogP contribution in [-0.2, 0) is 4.79 Å². The summed E-state index contributed by atoms with van der Waals surface area (Å²) >= 11 is 0. The number of imidazole rings is 1. The number of nitrogens with one attached hydrogen (secondary N) is 1. The molecule has 0 unspecified atom stereocenters. The maximum atomic E-state index is 12.2. The van der Waals surface area contributed by atoms with Crippen LogP contribution in [0.1, 0.15) is 32.7 Å². The standard InChI is InChI=1S/C17H23N3O3/c1-11(2)15(21)16(22)19-9-7-12(8-10-19)20-14-6-4-3-5-13(14)18-17(20)23/h3-6,11-12,15,21H,7-10H2,1-2H3,(H,18,23)/t15-/m1/s1. The van der Waals surface area contributed by atoms with Gasteiger partial charge in [0.15, 0.2) is 0 Å². The van der Waals surface area contributed by atoms with Crippen LogP contribution in [0.4, 0.5) is 0 Å². The average molecular weight is 317 g/mol. The zero-order chi connectivity index (χ0) is 16.6. The molecule has 1 amide bonds. The number of rotatable bonds is 3. The van der Waals surface area contributed by atoms with Gasteiger partial charge in [0.2, 0.25) is 0 Å². The smallest absolute Gasteiger partial charge is 0.326 e. The molecular formula is C17H23N3O3. The fourth-order valence-corrected chi connectivity index (χ4v) is 3.25. The summed E-state index contributed by atoms with van der Waals surface area (Å²) in [5, 5.41) is 9.93. The lowest BCUT2D eigenvalue weighted by molar-refractivity contribution is -0.143. The molecule has 0 aliphatic carbocycles. The van der Waals surface area contributed by atoms with E-state index in [9.17, 15) is 14.7 Å². The van der Waals surface area contributed by atoms with Crippen molar-refractivity contribution in [3.05, 3.63) is 34.7 Å². The van der Waals surface area contributed by atoms with Crippen molar-refractivity contribution in [3.63, 3.8) is 0 Å². The maximum Gasteiger partial charge on any atom is 0.326 e. The number of aliphatic hydroxyl groups excluding tert-OH is 1. The number of likely N-dealkylation sites (tertiary alicyclic amines) is 1. The topological polar surface area (TPSA) is 78.3 Å². The second-order valence-corrected chi connectivity index (χ2v) is 6.56. The van der Waals surface area contributed by atoms with Crippen molar-refractivity contribution >= 4 is 16.9 Å². The zero-order valence-corrected chi connectivity index (χ0v) is 13.5. The zero-order valence-electron chi connectivity index (χ0n) is 13.5. The first-order chi connectivity index (χ1) is 11.0. The van der Waals surface area contributed by atoms with E-state index in [0.29, 0.717) is 13.1 Å². The molecule has 1 aliphatic heterocycles. The van der Waals surface area contributed by atoms with Crippen LogP contribution >= 0.6 is 0 Å². The molecule has 6 nitrogen and oxygen atoms in total. The van der Waals surface area contributed by atoms with E-state index in [-0.39, 0.29) is 23.6 Å². The van der Waals surface area contributed by atoms with Crippen LogP contribution in [0.2, 0.25) is 0 Å². The Hall–Kier alpha value is -2.08. The van der Waals surface area contributed by atoms with Gasteiger partial charge in [-0.3, -0.25) is 9.36 Å². The van der Waals surface area contributed by atoms with E-state index in [1.165, 1.54) is 0 Å². The van der Waals surface area contributed by atoms with Crippen molar-refractivity contribution < 1.29 is 9.90 Å². The van der Waals surface area contributed by atoms with E-state index in [1.54, 1.807) is 9.47 Å². The number of carbonyl (C=O) groups is 1. The summed E-state index contributed by atoms with van der Waals surface area (Å²) in [6, 6.07) is 7.73. The fraction of sp³-hybridized carbons (Fsp3) is 0.529. The SMILES string of the molecule is CC(C)[C@@H](O)C(=O)N1CCC(n2c(=O)[nH]c3ccccc32)CC1. The van der Waals surface area contributed by atoms with Crippen LogP contribution in [0.25, 0.3) is 11.0 Å². The molecule has 0 spiro atoms. The molecular weight excluding hydrogens is 294 g/mol. The van der Waals surface area contributed by atoms with E-state index >= 15 is 0 Å². The summed E-state index contributed by atoms with van der Waals surface area (Å²) in [4.78, 5) is 29.0. The Kier molecular flexibility index (Phi) is 4.26. The summed E-state index contributed by atoms with van der Waals surface area (Å²) in [5.41, 5.74) is 1.65. The van der Waals surface area contributed by atoms with Crippen LogP contribution in [0, 0.1) is 5.92 Å². The van der Waals surface area contributed by atoms with Gasteiger partial charge in [0.05, 0.1) is 11.0 Å². The third-order valence-corrected chi connectivity index (χ3v) is 4.65. The molecule has 2 heterocycles. The van der Waals surface area contributed by atoms with Gasteiger partial charge in [-0.2, -0.15) is 0 Å². The normalized spacial score (nSPS) is 17.8. The van der Waals surface area contributed by atoms with Gasteiger partial charge in [0.25, 0.3) is 5.91 Å². The van der Waals surface area contributed by atoms with Crippen LogP contribution in [0.3, 0.4) is 0 Å². The largest absolute Gasteiger partial charge is 0.383 e. The Balaban J connectivity index is 1.75. The van der Waals surface area contributed by atoms with Crippen molar-refractivity contribution in [1.82, 2.24) is 14.5 Å². The number of carbonyl (C=O) groups excluding carboxylic acids is 1. The number of aliphatic hydroxyl groups is 1. The van der Waals surface area contributed by atoms with E-state index < -0.39 is 6.10 Å². The van der Waals surface area contributed by atoms with Gasteiger partial charge in [0.1, 0.15) is 6.10 Å². The number of fused-ring (bicyclic) bond motifs is 1. The molecule has 1 saturated heterocycles. The van der Waals surface area contributed by atoms with Gasteiger partial charge >= 0.3 is 5.69 Å². The predicted octanol–water partition coefficient (Wildman–Crippen LogP) is 1.51. The third kappa shape index (κ3) is 2.91. The van der Waals surface area contributed by atoms with E-state index in [0.717, 1.165) is 23.9 Å². The Morgan fingerprint density at radius 3 is 2.57 bits per heavy atom. The van der Waals surface area contributed by atoms with Crippen molar-refractivity contribution in [3.8, 4) is 0 Å². The summed E-state index contributed by atoms with van der Waals surface area (Å²) in [6.45, 7) is 4.81. The number of benzene rings is 1. The van der Waals surface area contributed by atoms with Gasteiger partial charge in [-0.15, -0.1) is 0 Å². The lowest BCUT2D eigenvalue weighted by atomic mass is 10.0. The first kappa shape index (κ1) is 15.8. The Morgan fingerprint density at radius 2 is 1.91 bits per heavy atom. The first-order valence-electron chi connectivity index (χ1n) is 8.15. The number of amides is 1. The number of aromatic nitrogens is 2. The summed E-state index contributed by atoms with van der Waals surface area (Å²) in [5.74, 6) is -0.291. The van der Waals surface area contributed by atoms with E-state index in [4.69, 9.17) is 0 Å². The average Bonchev–Trinajstić information content (AvgIpc) is 2.89. The molecule has 6 heteroatoms. The highest BCUT2D eigenvalue weighted by Gasteiger charge is 2.30. The van der Waals surface area contributed by atoms with Gasteiger partial charge < -0.3 is 15.0 Å². The summed E-state index contributed by atoms with van der Waals surface area (Å²) in [6.07, 6.45) is 0.499. The molecule has 0 radical (unpaired) electrons. The van der Waals surface area contributed by atoms with Crippen LogP contribution < -0.4 is 5.69 Å². The van der Waals surface area contributed by atoms with Gasteiger partial charge in [0, 0.05) is 19.1 Å². The predicted molar refractivity (Wildman–Crippen MR) is 88.3 cm³/mol. The highest BCUT2D eigenvalue weighted by atomic mass is 16.3. The number of nitrogens with zero attached hydrogens (tertiary/aromatic N) is 2. The van der Waals surface area contributed by atoms with Crippen LogP contribution in [0.15, 0.2) is 29.1 Å². The van der Waals surface area contributed by atoms with Crippen molar-refractivity contribution in [2.24, 2.45) is 5.92 Å². The van der Waals surface area contributed by atoms with E-state index in [2.05, 4.69) is 4.98 Å². The molecule has 2 N–H and O–H groups in total. The van der Waals surface area contributed by atoms with Gasteiger partial charge in [-0.25, -0.2) is 4.79 Å². The molecule has 1 fully saturated rings. The van der Waals surface area contributed by atoms with Crippen molar-refractivity contribution in [1.29, 1.82) is 0 Å². The number of para-hydroxylation sites is 2. The quantitative estimate of drug-likeness (QED) is 0.901. The number of H-pyrrole nitrogens is 1. The highest BCUT2D eigenvalue weighted by Crippen LogP contribution is 2.25. The number of aromatic amines is 1. The Bertz CT molecular complexity index is 754. The molecule has 0 saturated carbocycles. The Morgan fingerprint density at radius 1 is 1.26 bits per heavy atom. The molecule has 1 aromatic heterocycles. The van der Waals surface area contributed by atoms with Gasteiger partial charge in [-0.1, -0.05) is 26.0 Å². The van der Waals surface area contributed by atoms with Crippen molar-refractivity contribution in [2.75, 3.05) is 13.1 Å². The molecule has 1 atom stereocenters. The summed E-state index contributed by atoms with van der Waals surface area (Å²) in [7, 11) is 0. The lowest BCUT2D eigenvalue weighted by Gasteiger charge is -2.34. The molecule has 124 valence electrons. The number of hydrogen-bond donors (Lipinski definition) is 2. The van der Waals surface area contributed by atoms with Gasteiger partial charge in [-0.05, 0) is 30.9 Å². The maximum absolute atomic E-state index is 12.2. The highest BCUT2D eigenvalue weighted by molar-refractivity contribution is 5.81. The molecule has 1 aromatic carbocycles. The van der Waals surface area contributed by atoms with Crippen LogP contribution in [-0.4, -0.2) is 44.7 Å². The first-order valence-corrected chi connectivity index (χ1v) is 8.15. The molecule has 2 aromatic rings. The minimum absolute atomic E-state index is 0.0823. The van der Waals surface area contributed by atoms with Crippen LogP contribution in [0.5, 0.6) is 0 Å². The van der Waals surface area contributed by atoms with Crippen molar-refractivity contribution in [2.45, 2.75) is 38.8 Å². The van der Waals surface area contributed by atoms with E-state index in [1.807, 2.05) is 38.1 Å². The monoisotopic (exact) mass is 317 g/mol. The third-order valence-electron chi connectivity index (χ3n) is 4.65. The number of hydrogen-bond acceptors (Lipinski definition) is 3. The molecule has 1 aliphatic rings. The number of piperidine rings is 1. The summed E-state index contributed by atoms with van der Waals surface area (Å²) < 4.78 is 1.80.